The molecular weight excluding hydrogens is 380 g/mol. The van der Waals surface area contributed by atoms with Gasteiger partial charge in [-0.25, -0.2) is 4.98 Å². The zero-order valence-corrected chi connectivity index (χ0v) is 17.4. The quantitative estimate of drug-likeness (QED) is 0.518. The summed E-state index contributed by atoms with van der Waals surface area (Å²) in [5, 5.41) is 3.63. The van der Waals surface area contributed by atoms with Crippen LogP contribution in [0.3, 0.4) is 0 Å². The van der Waals surface area contributed by atoms with E-state index < -0.39 is 0 Å². The summed E-state index contributed by atoms with van der Waals surface area (Å²) in [6.07, 6.45) is 0. The molecule has 3 heterocycles. The highest BCUT2D eigenvalue weighted by atomic mass is 32.1. The molecular formula is C23H24N4OS. The normalized spacial score (nSPS) is 15.4. The lowest BCUT2D eigenvalue weighted by Crippen LogP contribution is -2.49. The van der Waals surface area contributed by atoms with Crippen molar-refractivity contribution < 1.29 is 4.79 Å². The average molecular weight is 405 g/mol. The number of benzene rings is 2. The van der Waals surface area contributed by atoms with E-state index in [0.717, 1.165) is 49.6 Å². The van der Waals surface area contributed by atoms with Gasteiger partial charge in [0.25, 0.3) is 0 Å². The maximum atomic E-state index is 12.9. The van der Waals surface area contributed by atoms with Crippen LogP contribution in [0.4, 0.5) is 0 Å². The van der Waals surface area contributed by atoms with Gasteiger partial charge in [-0.3, -0.25) is 9.69 Å². The van der Waals surface area contributed by atoms with Gasteiger partial charge in [0.2, 0.25) is 5.91 Å². The van der Waals surface area contributed by atoms with Gasteiger partial charge in [-0.1, -0.05) is 30.3 Å². The molecule has 2 aromatic heterocycles. The molecule has 1 amide bonds. The molecule has 0 bridgehead atoms. The van der Waals surface area contributed by atoms with E-state index in [1.165, 1.54) is 15.6 Å². The predicted molar refractivity (Wildman–Crippen MR) is 118 cm³/mol. The van der Waals surface area contributed by atoms with E-state index in [1.54, 1.807) is 0 Å². The molecule has 0 spiro atoms. The number of piperazine rings is 1. The number of carbonyl (C=O) groups excluding carboxylic acids is 1. The number of hydrogen-bond donors (Lipinski definition) is 0. The van der Waals surface area contributed by atoms with Crippen molar-refractivity contribution in [1.29, 1.82) is 0 Å². The summed E-state index contributed by atoms with van der Waals surface area (Å²) in [6.45, 7) is 6.69. The van der Waals surface area contributed by atoms with Crippen LogP contribution in [-0.2, 0) is 17.9 Å². The fraction of sp³-hybridized carbons (Fsp3) is 0.304. The molecule has 2 aromatic carbocycles. The van der Waals surface area contributed by atoms with Crippen LogP contribution >= 0.6 is 11.3 Å². The Labute approximate surface area is 174 Å². The minimum atomic E-state index is 0.178. The number of hydrogen-bond acceptors (Lipinski definition) is 4. The van der Waals surface area contributed by atoms with Gasteiger partial charge < -0.3 is 9.47 Å². The Hall–Kier alpha value is -2.70. The van der Waals surface area contributed by atoms with Crippen LogP contribution in [0.1, 0.15) is 11.4 Å². The minimum Gasteiger partial charge on any atom is -0.339 e. The van der Waals surface area contributed by atoms with Gasteiger partial charge in [0.15, 0.2) is 0 Å². The Kier molecular flexibility index (Phi) is 4.81. The van der Waals surface area contributed by atoms with E-state index in [4.69, 9.17) is 0 Å². The second-order valence-corrected chi connectivity index (χ2v) is 8.56. The van der Waals surface area contributed by atoms with Crippen molar-refractivity contribution in [3.8, 4) is 0 Å². The van der Waals surface area contributed by atoms with Gasteiger partial charge >= 0.3 is 0 Å². The number of nitrogens with zero attached hydrogens (tertiary/aromatic N) is 4. The van der Waals surface area contributed by atoms with Crippen LogP contribution in [0.5, 0.6) is 0 Å². The molecule has 148 valence electrons. The summed E-state index contributed by atoms with van der Waals surface area (Å²) in [7, 11) is 0. The van der Waals surface area contributed by atoms with Gasteiger partial charge in [-0.15, -0.1) is 11.3 Å². The highest BCUT2D eigenvalue weighted by Crippen LogP contribution is 2.27. The van der Waals surface area contributed by atoms with E-state index in [1.807, 2.05) is 52.0 Å². The van der Waals surface area contributed by atoms with Crippen LogP contribution in [0.2, 0.25) is 0 Å². The van der Waals surface area contributed by atoms with E-state index in [9.17, 15) is 4.79 Å². The number of thiophene rings is 1. The molecule has 1 fully saturated rings. The third kappa shape index (κ3) is 3.54. The number of imidazole rings is 1. The van der Waals surface area contributed by atoms with Crippen LogP contribution in [0.15, 0.2) is 53.9 Å². The molecule has 0 unspecified atom stereocenters. The van der Waals surface area contributed by atoms with E-state index >= 15 is 0 Å². The minimum absolute atomic E-state index is 0.178. The number of fused-ring (bicyclic) bond motifs is 2. The molecule has 0 aliphatic carbocycles. The molecule has 1 saturated heterocycles. The number of amides is 1. The second kappa shape index (κ2) is 7.61. The van der Waals surface area contributed by atoms with Crippen molar-refractivity contribution in [2.45, 2.75) is 20.0 Å². The maximum absolute atomic E-state index is 12.9. The van der Waals surface area contributed by atoms with Crippen LogP contribution in [0.25, 0.3) is 21.1 Å². The smallest absolute Gasteiger partial charge is 0.242 e. The summed E-state index contributed by atoms with van der Waals surface area (Å²) < 4.78 is 3.38. The molecule has 0 saturated carbocycles. The largest absolute Gasteiger partial charge is 0.339 e. The highest BCUT2D eigenvalue weighted by Gasteiger charge is 2.23. The molecule has 5 rings (SSSR count). The van der Waals surface area contributed by atoms with E-state index in [0.29, 0.717) is 6.54 Å². The van der Waals surface area contributed by atoms with Crippen molar-refractivity contribution in [2.24, 2.45) is 0 Å². The van der Waals surface area contributed by atoms with Crippen LogP contribution in [0, 0.1) is 6.92 Å². The Balaban J connectivity index is 1.22. The van der Waals surface area contributed by atoms with Gasteiger partial charge in [-0.2, -0.15) is 0 Å². The first kappa shape index (κ1) is 18.3. The lowest BCUT2D eigenvalue weighted by Gasteiger charge is -2.34. The molecule has 6 heteroatoms. The van der Waals surface area contributed by atoms with Gasteiger partial charge in [0.05, 0.1) is 11.0 Å². The Morgan fingerprint density at radius 3 is 2.66 bits per heavy atom. The summed E-state index contributed by atoms with van der Waals surface area (Å²) in [6, 6.07) is 16.6. The monoisotopic (exact) mass is 404 g/mol. The number of aryl methyl sites for hydroxylation is 1. The van der Waals surface area contributed by atoms with Crippen molar-refractivity contribution in [3.05, 3.63) is 65.3 Å². The standard InChI is InChI=1S/C23H24N4OS/c1-17-24-20-7-3-4-8-21(20)27(17)15-23(28)26-12-10-25(11-13-26)14-18-16-29-22-9-5-2-6-19(18)22/h2-9,16H,10-15H2,1H3. The van der Waals surface area contributed by atoms with E-state index in [2.05, 4.69) is 39.5 Å². The molecule has 0 atom stereocenters. The fourth-order valence-corrected chi connectivity index (χ4v) is 5.14. The number of rotatable bonds is 4. The molecule has 29 heavy (non-hydrogen) atoms. The van der Waals surface area contributed by atoms with Crippen molar-refractivity contribution in [1.82, 2.24) is 19.4 Å². The summed E-state index contributed by atoms with van der Waals surface area (Å²) in [4.78, 5) is 21.9. The molecule has 0 radical (unpaired) electrons. The molecule has 4 aromatic rings. The average Bonchev–Trinajstić information content (AvgIpc) is 3.29. The predicted octanol–water partition coefficient (Wildman–Crippen LogP) is 3.90. The van der Waals surface area contributed by atoms with Crippen molar-refractivity contribution in [2.75, 3.05) is 26.2 Å². The molecule has 1 aliphatic rings. The fourth-order valence-electron chi connectivity index (χ4n) is 4.18. The summed E-state index contributed by atoms with van der Waals surface area (Å²) in [5.74, 6) is 1.07. The first-order valence-corrected chi connectivity index (χ1v) is 10.9. The summed E-state index contributed by atoms with van der Waals surface area (Å²) >= 11 is 1.81. The Morgan fingerprint density at radius 2 is 1.79 bits per heavy atom. The lowest BCUT2D eigenvalue weighted by molar-refractivity contribution is -0.133. The third-order valence-corrected chi connectivity index (χ3v) is 6.83. The van der Waals surface area contributed by atoms with Crippen LogP contribution < -0.4 is 0 Å². The van der Waals surface area contributed by atoms with Gasteiger partial charge in [0, 0.05) is 37.4 Å². The Morgan fingerprint density at radius 1 is 1.03 bits per heavy atom. The third-order valence-electron chi connectivity index (χ3n) is 5.82. The Bertz CT molecular complexity index is 1170. The highest BCUT2D eigenvalue weighted by molar-refractivity contribution is 7.17. The number of carbonyl (C=O) groups is 1. The lowest BCUT2D eigenvalue weighted by atomic mass is 10.1. The van der Waals surface area contributed by atoms with Gasteiger partial charge in [-0.05, 0) is 41.5 Å². The van der Waals surface area contributed by atoms with Crippen LogP contribution in [-0.4, -0.2) is 51.4 Å². The van der Waals surface area contributed by atoms with Crippen molar-refractivity contribution >= 4 is 38.4 Å². The SMILES string of the molecule is Cc1nc2ccccc2n1CC(=O)N1CCN(Cc2csc3ccccc23)CC1. The number of para-hydroxylation sites is 2. The zero-order chi connectivity index (χ0) is 19.8. The van der Waals surface area contributed by atoms with Gasteiger partial charge in [0.1, 0.15) is 12.4 Å². The van der Waals surface area contributed by atoms with Crippen molar-refractivity contribution in [3.63, 3.8) is 0 Å². The first-order chi connectivity index (χ1) is 14.2. The molecule has 1 aliphatic heterocycles. The van der Waals surface area contributed by atoms with E-state index in [-0.39, 0.29) is 5.91 Å². The topological polar surface area (TPSA) is 41.4 Å². The maximum Gasteiger partial charge on any atom is 0.242 e. The second-order valence-electron chi connectivity index (χ2n) is 7.65. The zero-order valence-electron chi connectivity index (χ0n) is 16.5. The number of aromatic nitrogens is 2. The molecule has 5 nitrogen and oxygen atoms in total. The summed E-state index contributed by atoms with van der Waals surface area (Å²) in [5.41, 5.74) is 3.37. The first-order valence-electron chi connectivity index (χ1n) is 10.1. The molecule has 0 N–H and O–H groups in total.